The molecule has 0 radical (unpaired) electrons. The molecule has 1 aromatic heterocycles. The van der Waals surface area contributed by atoms with Gasteiger partial charge >= 0.3 is 0 Å². The van der Waals surface area contributed by atoms with E-state index in [9.17, 15) is 4.79 Å². The molecule has 134 valence electrons. The number of hydrogen-bond acceptors (Lipinski definition) is 4. The molecule has 0 aliphatic heterocycles. The van der Waals surface area contributed by atoms with Crippen molar-refractivity contribution in [2.45, 2.75) is 13.5 Å². The third-order valence-corrected chi connectivity index (χ3v) is 4.35. The number of carbonyl (C=O) groups excluding carboxylic acids is 1. The van der Waals surface area contributed by atoms with Gasteiger partial charge in [0.1, 0.15) is 25.0 Å². The van der Waals surface area contributed by atoms with Gasteiger partial charge in [0, 0.05) is 0 Å². The Hall–Kier alpha value is -3.47. The predicted octanol–water partition coefficient (Wildman–Crippen LogP) is 4.11. The summed E-state index contributed by atoms with van der Waals surface area (Å²) < 4.78 is 7.29. The summed E-state index contributed by atoms with van der Waals surface area (Å²) in [5.74, 6) is 0.723. The highest BCUT2D eigenvalue weighted by atomic mass is 16.5. The van der Waals surface area contributed by atoms with Crippen LogP contribution in [0.4, 0.5) is 0 Å². The van der Waals surface area contributed by atoms with Gasteiger partial charge in [-0.1, -0.05) is 42.5 Å². The Kier molecular flexibility index (Phi) is 4.66. The van der Waals surface area contributed by atoms with Crippen molar-refractivity contribution in [1.82, 2.24) is 14.8 Å². The van der Waals surface area contributed by atoms with Gasteiger partial charge in [0.2, 0.25) is 0 Å². The van der Waals surface area contributed by atoms with E-state index in [4.69, 9.17) is 4.74 Å². The van der Waals surface area contributed by atoms with E-state index >= 15 is 0 Å². The molecule has 0 fully saturated rings. The van der Waals surface area contributed by atoms with E-state index in [1.165, 1.54) is 12.5 Å². The van der Waals surface area contributed by atoms with E-state index in [2.05, 4.69) is 52.5 Å². The van der Waals surface area contributed by atoms with Crippen LogP contribution in [-0.2, 0) is 11.3 Å². The summed E-state index contributed by atoms with van der Waals surface area (Å²) in [5.41, 5.74) is 3.50. The molecule has 0 amide bonds. The summed E-state index contributed by atoms with van der Waals surface area (Å²) in [6.07, 6.45) is 3.26. The molecule has 4 aromatic rings. The van der Waals surface area contributed by atoms with Crippen molar-refractivity contribution in [3.8, 4) is 16.9 Å². The van der Waals surface area contributed by atoms with Crippen LogP contribution in [0.25, 0.3) is 21.9 Å². The predicted molar refractivity (Wildman–Crippen MR) is 105 cm³/mol. The standard InChI is InChI=1S/C22H19N3O2/c1-16(26)13-27-22-9-8-20-10-19(6-7-21(20)11-22)18-4-2-17(3-5-18)12-25-15-23-14-24-25/h2-11,14-15H,12-13H2,1H3. The van der Waals surface area contributed by atoms with Crippen LogP contribution in [0.2, 0.25) is 0 Å². The highest BCUT2D eigenvalue weighted by Gasteiger charge is 2.04. The van der Waals surface area contributed by atoms with Gasteiger partial charge in [-0.3, -0.25) is 4.79 Å². The minimum Gasteiger partial charge on any atom is -0.486 e. The van der Waals surface area contributed by atoms with Gasteiger partial charge < -0.3 is 4.74 Å². The molecule has 0 N–H and O–H groups in total. The lowest BCUT2D eigenvalue weighted by atomic mass is 10.00. The number of ketones is 1. The average Bonchev–Trinajstić information content (AvgIpc) is 3.19. The molecule has 0 aliphatic carbocycles. The first kappa shape index (κ1) is 17.0. The van der Waals surface area contributed by atoms with Crippen LogP contribution in [0, 0.1) is 0 Å². The van der Waals surface area contributed by atoms with E-state index < -0.39 is 0 Å². The topological polar surface area (TPSA) is 57.0 Å². The zero-order valence-corrected chi connectivity index (χ0v) is 15.0. The number of Topliss-reactive ketones (excluding diaryl/α,β-unsaturated/α-hetero) is 1. The molecule has 0 spiro atoms. The molecule has 1 heterocycles. The van der Waals surface area contributed by atoms with Crippen LogP contribution in [-0.4, -0.2) is 27.2 Å². The number of ether oxygens (including phenoxy) is 1. The summed E-state index contributed by atoms with van der Waals surface area (Å²) >= 11 is 0. The molecule has 0 unspecified atom stereocenters. The maximum Gasteiger partial charge on any atom is 0.167 e. The molecule has 3 aromatic carbocycles. The van der Waals surface area contributed by atoms with Gasteiger partial charge in [0.05, 0.1) is 6.54 Å². The molecule has 0 saturated carbocycles. The fourth-order valence-electron chi connectivity index (χ4n) is 2.98. The van der Waals surface area contributed by atoms with Crippen LogP contribution >= 0.6 is 0 Å². The van der Waals surface area contributed by atoms with E-state index in [0.29, 0.717) is 12.3 Å². The summed E-state index contributed by atoms with van der Waals surface area (Å²) in [4.78, 5) is 15.0. The maximum atomic E-state index is 11.1. The third-order valence-electron chi connectivity index (χ3n) is 4.35. The average molecular weight is 357 g/mol. The van der Waals surface area contributed by atoms with E-state index in [0.717, 1.165) is 21.9 Å². The molecule has 27 heavy (non-hydrogen) atoms. The lowest BCUT2D eigenvalue weighted by Crippen LogP contribution is -2.06. The molecule has 0 atom stereocenters. The first-order valence-corrected chi connectivity index (χ1v) is 8.75. The van der Waals surface area contributed by atoms with Crippen molar-refractivity contribution < 1.29 is 9.53 Å². The lowest BCUT2D eigenvalue weighted by Gasteiger charge is -2.08. The number of benzene rings is 3. The smallest absolute Gasteiger partial charge is 0.167 e. The fraction of sp³-hybridized carbons (Fsp3) is 0.136. The summed E-state index contributed by atoms with van der Waals surface area (Å²) in [6.45, 7) is 2.33. The van der Waals surface area contributed by atoms with Gasteiger partial charge in [-0.15, -0.1) is 0 Å². The Morgan fingerprint density at radius 1 is 0.963 bits per heavy atom. The van der Waals surface area contributed by atoms with E-state index in [-0.39, 0.29) is 12.4 Å². The Morgan fingerprint density at radius 2 is 1.70 bits per heavy atom. The molecule has 0 aliphatic rings. The number of carbonyl (C=O) groups is 1. The van der Waals surface area contributed by atoms with Gasteiger partial charge in [-0.25, -0.2) is 9.67 Å². The second-order valence-electron chi connectivity index (χ2n) is 6.50. The first-order valence-electron chi connectivity index (χ1n) is 8.75. The highest BCUT2D eigenvalue weighted by molar-refractivity contribution is 5.88. The summed E-state index contributed by atoms with van der Waals surface area (Å²) in [7, 11) is 0. The van der Waals surface area contributed by atoms with Gasteiger partial charge in [0.25, 0.3) is 0 Å². The maximum absolute atomic E-state index is 11.1. The Labute approximate surface area is 157 Å². The van der Waals surface area contributed by atoms with Crippen molar-refractivity contribution in [2.24, 2.45) is 0 Å². The quantitative estimate of drug-likeness (QED) is 0.521. The molecular weight excluding hydrogens is 338 g/mol. The molecule has 5 heteroatoms. The Morgan fingerprint density at radius 3 is 2.44 bits per heavy atom. The van der Waals surface area contributed by atoms with Gasteiger partial charge in [0.15, 0.2) is 5.78 Å². The van der Waals surface area contributed by atoms with E-state index in [1.54, 1.807) is 17.3 Å². The number of fused-ring (bicyclic) bond motifs is 1. The normalized spacial score (nSPS) is 10.9. The van der Waals surface area contributed by atoms with Crippen LogP contribution in [0.1, 0.15) is 12.5 Å². The SMILES string of the molecule is CC(=O)COc1ccc2cc(-c3ccc(Cn4cncn4)cc3)ccc2c1. The second-order valence-corrected chi connectivity index (χ2v) is 6.50. The molecule has 4 rings (SSSR count). The molecular formula is C22H19N3O2. The summed E-state index contributed by atoms with van der Waals surface area (Å²) in [6, 6.07) is 20.7. The van der Waals surface area contributed by atoms with Crippen LogP contribution in [0.3, 0.4) is 0 Å². The number of hydrogen-bond donors (Lipinski definition) is 0. The van der Waals surface area contributed by atoms with E-state index in [1.807, 2.05) is 18.2 Å². The Bertz CT molecular complexity index is 1070. The van der Waals surface area contributed by atoms with Gasteiger partial charge in [-0.2, -0.15) is 5.10 Å². The Balaban J connectivity index is 1.54. The van der Waals surface area contributed by atoms with Crippen molar-refractivity contribution in [2.75, 3.05) is 6.61 Å². The molecule has 5 nitrogen and oxygen atoms in total. The van der Waals surface area contributed by atoms with Crippen molar-refractivity contribution >= 4 is 16.6 Å². The first-order chi connectivity index (χ1) is 13.2. The monoisotopic (exact) mass is 357 g/mol. The molecule has 0 bridgehead atoms. The second kappa shape index (κ2) is 7.41. The fourth-order valence-corrected chi connectivity index (χ4v) is 2.98. The minimum atomic E-state index is 0.0118. The van der Waals surface area contributed by atoms with Gasteiger partial charge in [-0.05, 0) is 52.6 Å². The zero-order chi connectivity index (χ0) is 18.6. The third kappa shape index (κ3) is 4.03. The molecule has 0 saturated heterocycles. The lowest BCUT2D eigenvalue weighted by molar-refractivity contribution is -0.118. The van der Waals surface area contributed by atoms with Crippen LogP contribution in [0.15, 0.2) is 73.3 Å². The minimum absolute atomic E-state index is 0.0118. The van der Waals surface area contributed by atoms with Crippen LogP contribution < -0.4 is 4.74 Å². The number of rotatable bonds is 6. The zero-order valence-electron chi connectivity index (χ0n) is 15.0. The number of aromatic nitrogens is 3. The van der Waals surface area contributed by atoms with Crippen molar-refractivity contribution in [3.63, 3.8) is 0 Å². The largest absolute Gasteiger partial charge is 0.486 e. The van der Waals surface area contributed by atoms with Crippen molar-refractivity contribution in [1.29, 1.82) is 0 Å². The van der Waals surface area contributed by atoms with Crippen molar-refractivity contribution in [3.05, 3.63) is 78.9 Å². The highest BCUT2D eigenvalue weighted by Crippen LogP contribution is 2.27. The van der Waals surface area contributed by atoms with Crippen LogP contribution in [0.5, 0.6) is 5.75 Å². The summed E-state index contributed by atoms with van der Waals surface area (Å²) in [5, 5.41) is 6.35. The number of nitrogens with zero attached hydrogens (tertiary/aromatic N) is 3.